The summed E-state index contributed by atoms with van der Waals surface area (Å²) in [6.45, 7) is 0. The number of hydrogen-bond donors (Lipinski definition) is 0. The van der Waals surface area contributed by atoms with Gasteiger partial charge in [0.05, 0.1) is 5.88 Å². The highest BCUT2D eigenvalue weighted by molar-refractivity contribution is 6.16. The van der Waals surface area contributed by atoms with Crippen LogP contribution in [0.25, 0.3) is 11.1 Å². The van der Waals surface area contributed by atoms with Crippen molar-refractivity contribution < 1.29 is 22.3 Å². The van der Waals surface area contributed by atoms with Crippen molar-refractivity contribution in [2.75, 3.05) is 0 Å². The molecule has 0 saturated carbocycles. The zero-order valence-corrected chi connectivity index (χ0v) is 8.47. The third-order valence-corrected chi connectivity index (χ3v) is 1.98. The van der Waals surface area contributed by atoms with Gasteiger partial charge in [-0.1, -0.05) is 0 Å². The number of oxazole rings is 1. The average Bonchev–Trinajstić information content (AvgIpc) is 2.57. The van der Waals surface area contributed by atoms with E-state index in [2.05, 4.69) is 9.72 Å². The number of fused-ring (bicyclic) bond motifs is 1. The van der Waals surface area contributed by atoms with Gasteiger partial charge in [-0.25, -0.2) is 4.98 Å². The highest BCUT2D eigenvalue weighted by Gasteiger charge is 2.31. The van der Waals surface area contributed by atoms with Gasteiger partial charge in [-0.05, 0) is 12.1 Å². The average molecular weight is 252 g/mol. The Hall–Kier alpha value is -1.43. The van der Waals surface area contributed by atoms with E-state index in [9.17, 15) is 13.2 Å². The fourth-order valence-corrected chi connectivity index (χ4v) is 1.32. The lowest BCUT2D eigenvalue weighted by Gasteiger charge is -2.07. The standard InChI is InChI=1S/C9H5ClF3NO2/c10-4-8-14-6-2-1-5(3-7(6)15-8)16-9(11,12)13/h1-3H,4H2. The predicted octanol–water partition coefficient (Wildman–Crippen LogP) is 3.47. The Bertz CT molecular complexity index is 509. The first-order valence-electron chi connectivity index (χ1n) is 4.19. The minimum Gasteiger partial charge on any atom is -0.439 e. The number of aromatic nitrogens is 1. The van der Waals surface area contributed by atoms with Crippen LogP contribution in [0.3, 0.4) is 0 Å². The summed E-state index contributed by atoms with van der Waals surface area (Å²) in [6.07, 6.45) is -4.72. The third-order valence-electron chi connectivity index (χ3n) is 1.75. The Balaban J connectivity index is 2.36. The molecule has 2 aromatic rings. The molecule has 2 rings (SSSR count). The zero-order valence-electron chi connectivity index (χ0n) is 7.71. The van der Waals surface area contributed by atoms with Crippen molar-refractivity contribution in [3.8, 4) is 5.75 Å². The number of hydrogen-bond acceptors (Lipinski definition) is 3. The number of benzene rings is 1. The lowest BCUT2D eigenvalue weighted by atomic mass is 10.3. The maximum absolute atomic E-state index is 11.9. The van der Waals surface area contributed by atoms with Crippen molar-refractivity contribution in [1.29, 1.82) is 0 Å². The molecule has 1 heterocycles. The van der Waals surface area contributed by atoms with Crippen molar-refractivity contribution in [2.24, 2.45) is 0 Å². The Morgan fingerprint density at radius 3 is 2.75 bits per heavy atom. The molecule has 0 saturated heterocycles. The highest BCUT2D eigenvalue weighted by Crippen LogP contribution is 2.27. The number of alkyl halides is 4. The van der Waals surface area contributed by atoms with Gasteiger partial charge in [-0.3, -0.25) is 0 Å². The van der Waals surface area contributed by atoms with Gasteiger partial charge in [0.25, 0.3) is 0 Å². The smallest absolute Gasteiger partial charge is 0.439 e. The molecule has 0 aliphatic rings. The van der Waals surface area contributed by atoms with Crippen LogP contribution in [0.15, 0.2) is 22.6 Å². The lowest BCUT2D eigenvalue weighted by molar-refractivity contribution is -0.274. The van der Waals surface area contributed by atoms with Gasteiger partial charge in [-0.15, -0.1) is 24.8 Å². The molecule has 0 radical (unpaired) electrons. The molecule has 7 heteroatoms. The first kappa shape index (κ1) is 11.1. The lowest BCUT2D eigenvalue weighted by Crippen LogP contribution is -2.16. The van der Waals surface area contributed by atoms with E-state index >= 15 is 0 Å². The van der Waals surface area contributed by atoms with E-state index in [0.717, 1.165) is 12.1 Å². The minimum absolute atomic E-state index is 0.0597. The molecule has 0 N–H and O–H groups in total. The van der Waals surface area contributed by atoms with Gasteiger partial charge >= 0.3 is 6.36 Å². The van der Waals surface area contributed by atoms with Crippen LogP contribution in [0.4, 0.5) is 13.2 Å². The molecule has 0 atom stereocenters. The van der Waals surface area contributed by atoms with Crippen molar-refractivity contribution in [2.45, 2.75) is 12.2 Å². The molecule has 3 nitrogen and oxygen atoms in total. The third kappa shape index (κ3) is 2.38. The molecule has 0 aliphatic carbocycles. The number of nitrogens with zero attached hydrogens (tertiary/aromatic N) is 1. The molecule has 0 fully saturated rings. The Morgan fingerprint density at radius 2 is 2.12 bits per heavy atom. The number of rotatable bonds is 2. The second-order valence-electron chi connectivity index (χ2n) is 2.92. The quantitative estimate of drug-likeness (QED) is 0.767. The SMILES string of the molecule is FC(F)(F)Oc1ccc2nc(CCl)oc2c1. The van der Waals surface area contributed by atoms with E-state index in [1.165, 1.54) is 6.07 Å². The van der Waals surface area contributed by atoms with Crippen LogP contribution in [-0.2, 0) is 5.88 Å². The van der Waals surface area contributed by atoms with Crippen molar-refractivity contribution in [3.63, 3.8) is 0 Å². The zero-order chi connectivity index (χ0) is 11.8. The summed E-state index contributed by atoms with van der Waals surface area (Å²) < 4.78 is 44.6. The molecule has 86 valence electrons. The molecule has 0 bridgehead atoms. The van der Waals surface area contributed by atoms with Gasteiger partial charge in [0.15, 0.2) is 5.58 Å². The summed E-state index contributed by atoms with van der Waals surface area (Å²) in [5.41, 5.74) is 0.641. The van der Waals surface area contributed by atoms with Crippen molar-refractivity contribution in [3.05, 3.63) is 24.1 Å². The van der Waals surface area contributed by atoms with Gasteiger partial charge in [0.1, 0.15) is 11.3 Å². The molecular formula is C9H5ClF3NO2. The first-order chi connectivity index (χ1) is 7.48. The molecule has 16 heavy (non-hydrogen) atoms. The predicted molar refractivity (Wildman–Crippen MR) is 50.2 cm³/mol. The molecule has 0 unspecified atom stereocenters. The van der Waals surface area contributed by atoms with Gasteiger partial charge in [0.2, 0.25) is 5.89 Å². The first-order valence-corrected chi connectivity index (χ1v) is 4.72. The normalized spacial score (nSPS) is 12.0. The minimum atomic E-state index is -4.72. The second-order valence-corrected chi connectivity index (χ2v) is 3.19. The van der Waals surface area contributed by atoms with Crippen molar-refractivity contribution >= 4 is 22.7 Å². The van der Waals surface area contributed by atoms with Crippen LogP contribution in [0, 0.1) is 0 Å². The Morgan fingerprint density at radius 1 is 1.38 bits per heavy atom. The summed E-state index contributed by atoms with van der Waals surface area (Å²) in [6, 6.07) is 3.65. The molecular weight excluding hydrogens is 247 g/mol. The summed E-state index contributed by atoms with van der Waals surface area (Å²) in [5, 5.41) is 0. The summed E-state index contributed by atoms with van der Waals surface area (Å²) >= 11 is 5.48. The summed E-state index contributed by atoms with van der Waals surface area (Å²) in [5.74, 6) is -0.0393. The summed E-state index contributed by atoms with van der Waals surface area (Å²) in [4.78, 5) is 3.93. The Labute approximate surface area is 92.8 Å². The number of halogens is 4. The van der Waals surface area contributed by atoms with Crippen LogP contribution >= 0.6 is 11.6 Å². The molecule has 0 amide bonds. The van der Waals surface area contributed by atoms with Gasteiger partial charge in [0, 0.05) is 6.07 Å². The largest absolute Gasteiger partial charge is 0.573 e. The van der Waals surface area contributed by atoms with Crippen LogP contribution in [0.1, 0.15) is 5.89 Å². The fraction of sp³-hybridized carbons (Fsp3) is 0.222. The van der Waals surface area contributed by atoms with Gasteiger partial charge in [-0.2, -0.15) is 0 Å². The second kappa shape index (κ2) is 3.86. The molecule has 0 spiro atoms. The molecule has 1 aromatic heterocycles. The Kier molecular flexibility index (Phi) is 2.67. The monoisotopic (exact) mass is 251 g/mol. The van der Waals surface area contributed by atoms with E-state index in [0.29, 0.717) is 5.52 Å². The fourth-order valence-electron chi connectivity index (χ4n) is 1.21. The van der Waals surface area contributed by atoms with Crippen LogP contribution in [0.2, 0.25) is 0 Å². The van der Waals surface area contributed by atoms with E-state index in [1.807, 2.05) is 0 Å². The number of ether oxygens (including phenoxy) is 1. The highest BCUT2D eigenvalue weighted by atomic mass is 35.5. The van der Waals surface area contributed by atoms with Crippen LogP contribution in [0.5, 0.6) is 5.75 Å². The van der Waals surface area contributed by atoms with E-state index in [4.69, 9.17) is 16.0 Å². The molecule has 1 aromatic carbocycles. The molecule has 0 aliphatic heterocycles. The maximum atomic E-state index is 11.9. The van der Waals surface area contributed by atoms with Crippen LogP contribution in [-0.4, -0.2) is 11.3 Å². The van der Waals surface area contributed by atoms with E-state index in [-0.39, 0.29) is 23.1 Å². The summed E-state index contributed by atoms with van der Waals surface area (Å²) in [7, 11) is 0. The van der Waals surface area contributed by atoms with E-state index < -0.39 is 6.36 Å². The topological polar surface area (TPSA) is 35.3 Å². The van der Waals surface area contributed by atoms with Gasteiger partial charge < -0.3 is 9.15 Å². The maximum Gasteiger partial charge on any atom is 0.573 e. The van der Waals surface area contributed by atoms with E-state index in [1.54, 1.807) is 0 Å². The van der Waals surface area contributed by atoms with Crippen molar-refractivity contribution in [1.82, 2.24) is 4.98 Å². The van der Waals surface area contributed by atoms with Crippen LogP contribution < -0.4 is 4.74 Å².